The number of hydrogen-bond acceptors (Lipinski definition) is 4. The quantitative estimate of drug-likeness (QED) is 0.607. The van der Waals surface area contributed by atoms with Crippen molar-refractivity contribution >= 4 is 23.2 Å². The van der Waals surface area contributed by atoms with Gasteiger partial charge in [-0.25, -0.2) is 4.39 Å². The molecule has 3 aromatic carbocycles. The Morgan fingerprint density at radius 3 is 2.17 bits per heavy atom. The van der Waals surface area contributed by atoms with Crippen LogP contribution in [-0.4, -0.2) is 25.5 Å². The van der Waals surface area contributed by atoms with Crippen molar-refractivity contribution < 1.29 is 23.5 Å². The maximum Gasteiger partial charge on any atom is 0.262 e. The molecule has 0 aliphatic rings. The number of methoxy groups -OCH3 is 1. The number of halogens is 1. The lowest BCUT2D eigenvalue weighted by molar-refractivity contribution is -0.118. The summed E-state index contributed by atoms with van der Waals surface area (Å²) in [5.74, 6) is -0.456. The van der Waals surface area contributed by atoms with Gasteiger partial charge in [0.05, 0.1) is 7.11 Å². The normalized spacial score (nSPS) is 10.2. The van der Waals surface area contributed by atoms with Gasteiger partial charge >= 0.3 is 0 Å². The van der Waals surface area contributed by atoms with E-state index in [9.17, 15) is 14.0 Å². The number of benzene rings is 3. The van der Waals surface area contributed by atoms with Gasteiger partial charge < -0.3 is 20.1 Å². The number of aryl methyl sites for hydroxylation is 1. The molecule has 0 spiro atoms. The van der Waals surface area contributed by atoms with Gasteiger partial charge in [0.2, 0.25) is 0 Å². The summed E-state index contributed by atoms with van der Waals surface area (Å²) in [6.45, 7) is 1.69. The Hall–Kier alpha value is -3.87. The van der Waals surface area contributed by atoms with Gasteiger partial charge in [0.1, 0.15) is 5.82 Å². The van der Waals surface area contributed by atoms with Crippen molar-refractivity contribution in [1.29, 1.82) is 0 Å². The first-order valence-corrected chi connectivity index (χ1v) is 9.19. The molecular formula is C23H21FN2O4. The molecule has 2 amide bonds. The van der Waals surface area contributed by atoms with E-state index in [1.165, 1.54) is 37.4 Å². The van der Waals surface area contributed by atoms with Crippen LogP contribution in [-0.2, 0) is 4.79 Å². The zero-order chi connectivity index (χ0) is 21.5. The molecule has 0 saturated carbocycles. The van der Waals surface area contributed by atoms with Crippen LogP contribution < -0.4 is 20.1 Å². The van der Waals surface area contributed by atoms with Gasteiger partial charge in [-0.3, -0.25) is 9.59 Å². The lowest BCUT2D eigenvalue weighted by atomic mass is 10.1. The van der Waals surface area contributed by atoms with Crippen molar-refractivity contribution in [2.45, 2.75) is 6.92 Å². The van der Waals surface area contributed by atoms with E-state index in [-0.39, 0.29) is 18.3 Å². The molecule has 0 saturated heterocycles. The molecule has 2 N–H and O–H groups in total. The topological polar surface area (TPSA) is 76.7 Å². The minimum absolute atomic E-state index is 0.275. The van der Waals surface area contributed by atoms with Crippen LogP contribution in [0.25, 0.3) is 0 Å². The summed E-state index contributed by atoms with van der Waals surface area (Å²) in [5, 5.41) is 5.41. The van der Waals surface area contributed by atoms with Crippen molar-refractivity contribution in [1.82, 2.24) is 0 Å². The van der Waals surface area contributed by atoms with E-state index in [4.69, 9.17) is 9.47 Å². The van der Waals surface area contributed by atoms with Crippen LogP contribution in [0, 0.1) is 12.7 Å². The monoisotopic (exact) mass is 408 g/mol. The van der Waals surface area contributed by atoms with Gasteiger partial charge in [0.25, 0.3) is 11.8 Å². The Balaban J connectivity index is 1.61. The molecule has 0 radical (unpaired) electrons. The highest BCUT2D eigenvalue weighted by Crippen LogP contribution is 2.28. The summed E-state index contributed by atoms with van der Waals surface area (Å²) in [6.07, 6.45) is 0. The Morgan fingerprint density at radius 1 is 0.867 bits per heavy atom. The zero-order valence-corrected chi connectivity index (χ0v) is 16.6. The number of anilines is 2. The largest absolute Gasteiger partial charge is 0.493 e. The lowest BCUT2D eigenvalue weighted by Crippen LogP contribution is -2.20. The van der Waals surface area contributed by atoms with Gasteiger partial charge in [-0.1, -0.05) is 17.7 Å². The zero-order valence-electron chi connectivity index (χ0n) is 16.6. The van der Waals surface area contributed by atoms with Crippen LogP contribution in [0.3, 0.4) is 0 Å². The van der Waals surface area contributed by atoms with Gasteiger partial charge in [-0.15, -0.1) is 0 Å². The third kappa shape index (κ3) is 5.57. The highest BCUT2D eigenvalue weighted by Gasteiger charge is 2.13. The molecule has 3 rings (SSSR count). The van der Waals surface area contributed by atoms with Gasteiger partial charge in [0, 0.05) is 16.9 Å². The predicted octanol–water partition coefficient (Wildman–Crippen LogP) is 4.41. The lowest BCUT2D eigenvalue weighted by Gasteiger charge is -2.12. The highest BCUT2D eigenvalue weighted by molar-refractivity contribution is 6.04. The van der Waals surface area contributed by atoms with Crippen LogP contribution in [0.5, 0.6) is 11.5 Å². The number of nitrogens with one attached hydrogen (secondary N) is 2. The molecule has 30 heavy (non-hydrogen) atoms. The van der Waals surface area contributed by atoms with E-state index in [2.05, 4.69) is 10.6 Å². The van der Waals surface area contributed by atoms with Crippen LogP contribution in [0.15, 0.2) is 66.7 Å². The first-order chi connectivity index (χ1) is 14.4. The fraction of sp³-hybridized carbons (Fsp3) is 0.130. The Morgan fingerprint density at radius 2 is 1.50 bits per heavy atom. The van der Waals surface area contributed by atoms with Gasteiger partial charge in [-0.2, -0.15) is 0 Å². The number of carbonyl (C=O) groups is 2. The fourth-order valence-electron chi connectivity index (χ4n) is 2.64. The van der Waals surface area contributed by atoms with Gasteiger partial charge in [0.15, 0.2) is 18.1 Å². The Bertz CT molecular complexity index is 1030. The summed E-state index contributed by atoms with van der Waals surface area (Å²) in [7, 11) is 1.45. The molecule has 7 heteroatoms. The minimum atomic E-state index is -0.412. The van der Waals surface area contributed by atoms with E-state index < -0.39 is 5.91 Å². The number of carbonyl (C=O) groups excluding carboxylic acids is 2. The SMILES string of the molecule is COc1cc(C(=O)Nc2ccc(C)cc2)ccc1OCC(=O)Nc1ccc(F)cc1. The molecule has 0 heterocycles. The summed E-state index contributed by atoms with van der Waals surface area (Å²) >= 11 is 0. The number of amides is 2. The smallest absolute Gasteiger partial charge is 0.262 e. The molecular weight excluding hydrogens is 387 g/mol. The second kappa shape index (κ2) is 9.56. The minimum Gasteiger partial charge on any atom is -0.493 e. The molecule has 0 bridgehead atoms. The number of rotatable bonds is 7. The van der Waals surface area contributed by atoms with Crippen molar-refractivity contribution in [2.75, 3.05) is 24.4 Å². The number of ether oxygens (including phenoxy) is 2. The van der Waals surface area contributed by atoms with E-state index in [1.54, 1.807) is 12.1 Å². The standard InChI is InChI=1S/C23H21FN2O4/c1-15-3-8-19(9-4-15)26-23(28)16-5-12-20(21(13-16)29-2)30-14-22(27)25-18-10-6-17(24)7-11-18/h3-13H,14H2,1-2H3,(H,25,27)(H,26,28). The van der Waals surface area contributed by atoms with Crippen LogP contribution in [0.1, 0.15) is 15.9 Å². The third-order valence-corrected chi connectivity index (χ3v) is 4.22. The first kappa shape index (κ1) is 20.9. The molecule has 6 nitrogen and oxygen atoms in total. The van der Waals surface area contributed by atoms with Crippen molar-refractivity contribution in [2.24, 2.45) is 0 Å². The summed E-state index contributed by atoms with van der Waals surface area (Å²) in [5.41, 5.74) is 2.62. The highest BCUT2D eigenvalue weighted by atomic mass is 19.1. The average molecular weight is 408 g/mol. The van der Waals surface area contributed by atoms with Crippen molar-refractivity contribution in [3.63, 3.8) is 0 Å². The second-order valence-corrected chi connectivity index (χ2v) is 6.53. The van der Waals surface area contributed by atoms with Crippen LogP contribution >= 0.6 is 0 Å². The van der Waals surface area contributed by atoms with E-state index in [1.807, 2.05) is 31.2 Å². The molecule has 154 valence electrons. The van der Waals surface area contributed by atoms with Gasteiger partial charge in [-0.05, 0) is 61.5 Å². The molecule has 0 atom stereocenters. The van der Waals surface area contributed by atoms with Crippen LogP contribution in [0.2, 0.25) is 0 Å². The molecule has 0 unspecified atom stereocenters. The number of hydrogen-bond donors (Lipinski definition) is 2. The van der Waals surface area contributed by atoms with E-state index in [0.717, 1.165) is 5.56 Å². The Labute approximate surface area is 173 Å². The Kier molecular flexibility index (Phi) is 6.64. The average Bonchev–Trinajstić information content (AvgIpc) is 2.75. The summed E-state index contributed by atoms with van der Waals surface area (Å²) in [4.78, 5) is 24.5. The molecule has 0 fully saturated rings. The van der Waals surface area contributed by atoms with E-state index in [0.29, 0.717) is 28.4 Å². The third-order valence-electron chi connectivity index (χ3n) is 4.22. The van der Waals surface area contributed by atoms with Crippen LogP contribution in [0.4, 0.5) is 15.8 Å². The molecule has 3 aromatic rings. The van der Waals surface area contributed by atoms with Crippen molar-refractivity contribution in [3.05, 3.63) is 83.7 Å². The maximum absolute atomic E-state index is 12.9. The molecule has 0 aliphatic carbocycles. The summed E-state index contributed by atoms with van der Waals surface area (Å²) in [6, 6.07) is 17.5. The second-order valence-electron chi connectivity index (χ2n) is 6.53. The maximum atomic E-state index is 12.9. The fourth-order valence-corrected chi connectivity index (χ4v) is 2.64. The molecule has 0 aromatic heterocycles. The molecule has 0 aliphatic heterocycles. The van der Waals surface area contributed by atoms with E-state index >= 15 is 0 Å². The van der Waals surface area contributed by atoms with Crippen molar-refractivity contribution in [3.8, 4) is 11.5 Å². The summed E-state index contributed by atoms with van der Waals surface area (Å²) < 4.78 is 23.7. The predicted molar refractivity (Wildman–Crippen MR) is 113 cm³/mol. The first-order valence-electron chi connectivity index (χ1n) is 9.19.